The number of hydrogen-bond donors (Lipinski definition) is 2. The Bertz CT molecular complexity index is 209. The van der Waals surface area contributed by atoms with Crippen molar-refractivity contribution in [3.63, 3.8) is 0 Å². The number of hydrogen-bond acceptors (Lipinski definition) is 3. The Morgan fingerprint density at radius 1 is 1.13 bits per heavy atom. The first-order valence-electron chi connectivity index (χ1n) is 5.13. The van der Waals surface area contributed by atoms with E-state index in [-0.39, 0.29) is 0 Å². The van der Waals surface area contributed by atoms with Gasteiger partial charge in [0.15, 0.2) is 0 Å². The van der Waals surface area contributed by atoms with Gasteiger partial charge >= 0.3 is 11.9 Å². The summed E-state index contributed by atoms with van der Waals surface area (Å²) in [5.74, 6) is -1.97. The molecule has 0 fully saturated rings. The minimum absolute atomic E-state index is 0.497. The minimum Gasteiger partial charge on any atom is -0.480 e. The molecule has 5 nitrogen and oxygen atoms in total. The second-order valence-electron chi connectivity index (χ2n) is 3.62. The lowest BCUT2D eigenvalue weighted by Gasteiger charge is -2.29. The van der Waals surface area contributed by atoms with E-state index in [0.717, 1.165) is 12.8 Å². The van der Waals surface area contributed by atoms with Crippen molar-refractivity contribution in [3.05, 3.63) is 0 Å². The van der Waals surface area contributed by atoms with Crippen LogP contribution < -0.4 is 0 Å². The van der Waals surface area contributed by atoms with Crippen LogP contribution in [-0.4, -0.2) is 45.7 Å². The van der Waals surface area contributed by atoms with Crippen molar-refractivity contribution in [2.45, 2.75) is 45.7 Å². The van der Waals surface area contributed by atoms with Gasteiger partial charge in [-0.1, -0.05) is 13.3 Å². The van der Waals surface area contributed by atoms with Crippen molar-refractivity contribution in [1.29, 1.82) is 0 Å². The fraction of sp³-hybridized carbons (Fsp3) is 0.800. The Morgan fingerprint density at radius 3 is 1.80 bits per heavy atom. The van der Waals surface area contributed by atoms with E-state index in [1.165, 1.54) is 18.7 Å². The molecule has 0 bridgehead atoms. The zero-order valence-corrected chi connectivity index (χ0v) is 9.43. The Kier molecular flexibility index (Phi) is 5.93. The van der Waals surface area contributed by atoms with Gasteiger partial charge in [-0.3, -0.25) is 14.5 Å². The van der Waals surface area contributed by atoms with Crippen molar-refractivity contribution >= 4 is 11.9 Å². The van der Waals surface area contributed by atoms with Crippen molar-refractivity contribution in [2.75, 3.05) is 6.54 Å². The molecule has 5 heteroatoms. The zero-order chi connectivity index (χ0) is 12.0. The molecular weight excluding hydrogens is 198 g/mol. The van der Waals surface area contributed by atoms with Crippen LogP contribution in [0.3, 0.4) is 0 Å². The highest BCUT2D eigenvalue weighted by atomic mass is 16.4. The Labute approximate surface area is 89.7 Å². The van der Waals surface area contributed by atoms with Gasteiger partial charge in [-0.05, 0) is 26.8 Å². The Morgan fingerprint density at radius 2 is 1.53 bits per heavy atom. The molecule has 0 heterocycles. The van der Waals surface area contributed by atoms with Gasteiger partial charge in [0, 0.05) is 0 Å². The summed E-state index contributed by atoms with van der Waals surface area (Å²) in [4.78, 5) is 23.1. The Hall–Kier alpha value is -1.10. The largest absolute Gasteiger partial charge is 0.480 e. The molecule has 2 N–H and O–H groups in total. The third-order valence-electron chi connectivity index (χ3n) is 2.48. The summed E-state index contributed by atoms with van der Waals surface area (Å²) < 4.78 is 0. The molecule has 0 spiro atoms. The molecule has 0 saturated heterocycles. The molecule has 2 atom stereocenters. The normalized spacial score (nSPS) is 14.9. The van der Waals surface area contributed by atoms with Gasteiger partial charge in [-0.2, -0.15) is 0 Å². The van der Waals surface area contributed by atoms with E-state index in [1.54, 1.807) is 0 Å². The predicted octanol–water partition coefficient (Wildman–Crippen LogP) is 1.03. The molecule has 15 heavy (non-hydrogen) atoms. The van der Waals surface area contributed by atoms with Gasteiger partial charge in [0.05, 0.1) is 0 Å². The van der Waals surface area contributed by atoms with Crippen LogP contribution in [0.4, 0.5) is 0 Å². The van der Waals surface area contributed by atoms with E-state index < -0.39 is 24.0 Å². The van der Waals surface area contributed by atoms with E-state index in [1.807, 2.05) is 6.92 Å². The first-order valence-corrected chi connectivity index (χ1v) is 5.13. The molecule has 0 aromatic rings. The van der Waals surface area contributed by atoms with Gasteiger partial charge in [0.2, 0.25) is 0 Å². The Balaban J connectivity index is 4.56. The number of carboxylic acids is 2. The minimum atomic E-state index is -0.987. The molecule has 0 aromatic carbocycles. The maximum Gasteiger partial charge on any atom is 0.320 e. The number of carboxylic acid groups (broad SMARTS) is 2. The molecular formula is C10H19NO4. The van der Waals surface area contributed by atoms with Gasteiger partial charge < -0.3 is 10.2 Å². The summed E-state index contributed by atoms with van der Waals surface area (Å²) in [5, 5.41) is 17.7. The summed E-state index contributed by atoms with van der Waals surface area (Å²) in [5.41, 5.74) is 0. The van der Waals surface area contributed by atoms with Gasteiger partial charge in [-0.25, -0.2) is 0 Å². The number of rotatable bonds is 7. The molecule has 1 unspecified atom stereocenters. The number of unbranched alkanes of at least 4 members (excludes halogenated alkanes) is 1. The number of nitrogens with zero attached hydrogens (tertiary/aromatic N) is 1. The van der Waals surface area contributed by atoms with E-state index in [0.29, 0.717) is 6.54 Å². The smallest absolute Gasteiger partial charge is 0.320 e. The fourth-order valence-electron chi connectivity index (χ4n) is 1.35. The summed E-state index contributed by atoms with van der Waals surface area (Å²) in [7, 11) is 0. The first kappa shape index (κ1) is 13.9. The second kappa shape index (κ2) is 6.40. The highest BCUT2D eigenvalue weighted by Crippen LogP contribution is 2.08. The topological polar surface area (TPSA) is 77.8 Å². The van der Waals surface area contributed by atoms with Crippen LogP contribution in [-0.2, 0) is 9.59 Å². The maximum atomic E-state index is 10.8. The highest BCUT2D eigenvalue weighted by Gasteiger charge is 2.28. The lowest BCUT2D eigenvalue weighted by molar-refractivity contribution is -0.149. The molecule has 0 aliphatic rings. The van der Waals surface area contributed by atoms with Crippen molar-refractivity contribution in [1.82, 2.24) is 4.90 Å². The van der Waals surface area contributed by atoms with Crippen molar-refractivity contribution in [3.8, 4) is 0 Å². The molecule has 0 aromatic heterocycles. The van der Waals surface area contributed by atoms with E-state index in [9.17, 15) is 9.59 Å². The van der Waals surface area contributed by atoms with Gasteiger partial charge in [0.25, 0.3) is 0 Å². The molecule has 0 rings (SSSR count). The summed E-state index contributed by atoms with van der Waals surface area (Å²) in [6, 6.07) is -1.52. The fourth-order valence-corrected chi connectivity index (χ4v) is 1.35. The zero-order valence-electron chi connectivity index (χ0n) is 9.43. The first-order chi connectivity index (χ1) is 6.91. The third-order valence-corrected chi connectivity index (χ3v) is 2.48. The number of carbonyl (C=O) groups is 2. The van der Waals surface area contributed by atoms with Crippen molar-refractivity contribution < 1.29 is 19.8 Å². The molecule has 0 saturated carbocycles. The summed E-state index contributed by atoms with van der Waals surface area (Å²) >= 11 is 0. The molecule has 88 valence electrons. The lowest BCUT2D eigenvalue weighted by Crippen LogP contribution is -2.48. The number of aliphatic carboxylic acids is 2. The lowest BCUT2D eigenvalue weighted by atomic mass is 10.1. The van der Waals surface area contributed by atoms with Crippen LogP contribution in [0.5, 0.6) is 0 Å². The van der Waals surface area contributed by atoms with E-state index in [4.69, 9.17) is 10.2 Å². The molecule has 0 aliphatic carbocycles. The standard InChI is InChI=1S/C10H19NO4/c1-4-5-6-11(7(2)9(12)13)8(3)10(14)15/h7-8H,4-6H2,1-3H3,(H,12,13)(H,14,15)/t7-,8?/m0/s1. The summed E-state index contributed by atoms with van der Waals surface area (Å²) in [6.07, 6.45) is 1.71. The SMILES string of the molecule is CCCCN(C(C)C(=O)O)[C@@H](C)C(=O)O. The van der Waals surface area contributed by atoms with Gasteiger partial charge in [0.1, 0.15) is 12.1 Å². The molecule has 0 aliphatic heterocycles. The van der Waals surface area contributed by atoms with Crippen LogP contribution in [0.1, 0.15) is 33.6 Å². The maximum absolute atomic E-state index is 10.8. The molecule has 0 amide bonds. The quantitative estimate of drug-likeness (QED) is 0.666. The average Bonchev–Trinajstić information content (AvgIpc) is 2.17. The van der Waals surface area contributed by atoms with Gasteiger partial charge in [-0.15, -0.1) is 0 Å². The van der Waals surface area contributed by atoms with E-state index >= 15 is 0 Å². The second-order valence-corrected chi connectivity index (χ2v) is 3.62. The molecule has 0 radical (unpaired) electrons. The third kappa shape index (κ3) is 4.29. The van der Waals surface area contributed by atoms with Crippen LogP contribution in [0, 0.1) is 0 Å². The highest BCUT2D eigenvalue weighted by molar-refractivity contribution is 5.76. The van der Waals surface area contributed by atoms with Crippen LogP contribution in [0.25, 0.3) is 0 Å². The average molecular weight is 217 g/mol. The van der Waals surface area contributed by atoms with E-state index in [2.05, 4.69) is 0 Å². The monoisotopic (exact) mass is 217 g/mol. The van der Waals surface area contributed by atoms with Crippen LogP contribution in [0.15, 0.2) is 0 Å². The predicted molar refractivity (Wildman–Crippen MR) is 55.8 cm³/mol. The summed E-state index contributed by atoms with van der Waals surface area (Å²) in [6.45, 7) is 5.50. The van der Waals surface area contributed by atoms with Crippen LogP contribution >= 0.6 is 0 Å². The van der Waals surface area contributed by atoms with Crippen molar-refractivity contribution in [2.24, 2.45) is 0 Å². The van der Waals surface area contributed by atoms with Crippen LogP contribution in [0.2, 0.25) is 0 Å².